The minimum Gasteiger partial charge on any atom is -0.271 e. The molecular weight excluding hydrogens is 284 g/mol. The molecule has 1 heterocycles. The first-order chi connectivity index (χ1) is 7.79. The van der Waals surface area contributed by atoms with Crippen molar-refractivity contribution < 1.29 is 0 Å². The molecule has 1 aromatic heterocycles. The van der Waals surface area contributed by atoms with Gasteiger partial charge in [0.25, 0.3) is 0 Å². The Morgan fingerprint density at radius 2 is 2.06 bits per heavy atom. The van der Waals surface area contributed by atoms with Crippen LogP contribution in [0.25, 0.3) is 0 Å². The maximum Gasteiger partial charge on any atom is 0.0632 e. The molecule has 1 atom stereocenters. The zero-order valence-corrected chi connectivity index (χ0v) is 11.2. The van der Waals surface area contributed by atoms with Gasteiger partial charge in [0.05, 0.1) is 10.7 Å². The number of hydrogen-bond donors (Lipinski definition) is 1. The fraction of sp³-hybridized carbons (Fsp3) is 0.250. The first-order valence-corrected chi connectivity index (χ1v) is 6.56. The van der Waals surface area contributed by atoms with Crippen molar-refractivity contribution in [2.45, 2.75) is 12.5 Å². The normalized spacial score (nSPS) is 12.6. The first-order valence-electron chi connectivity index (χ1n) is 5.13. The van der Waals surface area contributed by atoms with Crippen LogP contribution >= 0.6 is 28.6 Å². The topological polar surface area (TPSA) is 17.8 Å². The molecule has 0 saturated carbocycles. The van der Waals surface area contributed by atoms with Gasteiger partial charge in [-0.15, -0.1) is 0 Å². The zero-order valence-electron chi connectivity index (χ0n) is 8.75. The Labute approximate surface area is 109 Å². The van der Waals surface area contributed by atoms with Crippen molar-refractivity contribution in [1.29, 1.82) is 0 Å². The molecule has 2 rings (SSSR count). The van der Waals surface area contributed by atoms with Crippen LogP contribution in [0.4, 0.5) is 0 Å². The van der Waals surface area contributed by atoms with Crippen LogP contribution in [0.3, 0.4) is 0 Å². The smallest absolute Gasteiger partial charge is 0.0632 e. The summed E-state index contributed by atoms with van der Waals surface area (Å²) in [5, 5.41) is 4.26. The quantitative estimate of drug-likeness (QED) is 0.857. The van der Waals surface area contributed by atoms with Gasteiger partial charge in [-0.1, -0.05) is 30.3 Å². The zero-order chi connectivity index (χ0) is 11.4. The van der Waals surface area contributed by atoms with Crippen molar-refractivity contribution in [2.75, 3.05) is 5.75 Å². The average molecular weight is 297 g/mol. The molecule has 0 aliphatic carbocycles. The Hall–Kier alpha value is -0.740. The molecule has 0 saturated heterocycles. The lowest BCUT2D eigenvalue weighted by Crippen LogP contribution is -2.11. The van der Waals surface area contributed by atoms with Crippen LogP contribution in [0.5, 0.6) is 0 Å². The molecule has 2 nitrogen and oxygen atoms in total. The van der Waals surface area contributed by atoms with Gasteiger partial charge in [-0.25, -0.2) is 0 Å². The highest BCUT2D eigenvalue weighted by Gasteiger charge is 2.10. The van der Waals surface area contributed by atoms with E-state index < -0.39 is 0 Å². The molecule has 16 heavy (non-hydrogen) atoms. The average Bonchev–Trinajstić information content (AvgIpc) is 2.73. The van der Waals surface area contributed by atoms with E-state index in [0.717, 1.165) is 16.8 Å². The lowest BCUT2D eigenvalue weighted by atomic mass is 10.0. The third kappa shape index (κ3) is 2.89. The van der Waals surface area contributed by atoms with Crippen molar-refractivity contribution in [3.05, 3.63) is 52.8 Å². The standard InChI is InChI=1S/C12H13BrN2S/c13-12-6-14-15(8-12)7-11(9-16)10-4-2-1-3-5-10/h1-6,8,11,16H,7,9H2. The van der Waals surface area contributed by atoms with Gasteiger partial charge < -0.3 is 0 Å². The second kappa shape index (κ2) is 5.55. The molecule has 84 valence electrons. The summed E-state index contributed by atoms with van der Waals surface area (Å²) in [6, 6.07) is 10.4. The van der Waals surface area contributed by atoms with Crippen molar-refractivity contribution in [2.24, 2.45) is 0 Å². The van der Waals surface area contributed by atoms with Crippen molar-refractivity contribution in [3.63, 3.8) is 0 Å². The number of nitrogens with zero attached hydrogens (tertiary/aromatic N) is 2. The summed E-state index contributed by atoms with van der Waals surface area (Å²) >= 11 is 7.81. The summed E-state index contributed by atoms with van der Waals surface area (Å²) in [5.41, 5.74) is 1.31. The molecule has 0 fully saturated rings. The first kappa shape index (κ1) is 11.7. The van der Waals surface area contributed by atoms with Crippen LogP contribution < -0.4 is 0 Å². The number of halogens is 1. The maximum atomic E-state index is 4.41. The minimum absolute atomic E-state index is 0.399. The van der Waals surface area contributed by atoms with Gasteiger partial charge in [-0.2, -0.15) is 17.7 Å². The SMILES string of the molecule is SCC(Cn1cc(Br)cn1)c1ccccc1. The van der Waals surface area contributed by atoms with E-state index in [-0.39, 0.29) is 0 Å². The molecule has 2 aromatic rings. The predicted octanol–water partition coefficient (Wildman–Crippen LogP) is 3.36. The number of rotatable bonds is 4. The van der Waals surface area contributed by atoms with E-state index in [1.807, 2.05) is 16.9 Å². The summed E-state index contributed by atoms with van der Waals surface area (Å²) in [6.07, 6.45) is 3.79. The Morgan fingerprint density at radius 3 is 2.62 bits per heavy atom. The van der Waals surface area contributed by atoms with E-state index in [4.69, 9.17) is 0 Å². The number of hydrogen-bond acceptors (Lipinski definition) is 2. The molecule has 1 aromatic carbocycles. The van der Waals surface area contributed by atoms with Gasteiger partial charge >= 0.3 is 0 Å². The van der Waals surface area contributed by atoms with Crippen molar-refractivity contribution in [1.82, 2.24) is 9.78 Å². The van der Waals surface area contributed by atoms with Crippen LogP contribution in [0, 0.1) is 0 Å². The van der Waals surface area contributed by atoms with Gasteiger partial charge in [0.1, 0.15) is 0 Å². The van der Waals surface area contributed by atoms with Crippen LogP contribution in [0.2, 0.25) is 0 Å². The summed E-state index contributed by atoms with van der Waals surface area (Å²) in [6.45, 7) is 0.860. The van der Waals surface area contributed by atoms with Gasteiger partial charge in [0.15, 0.2) is 0 Å². The summed E-state index contributed by atoms with van der Waals surface area (Å²) < 4.78 is 2.95. The molecule has 0 aliphatic rings. The van der Waals surface area contributed by atoms with Crippen LogP contribution in [0.15, 0.2) is 47.2 Å². The van der Waals surface area contributed by atoms with Gasteiger partial charge in [0.2, 0.25) is 0 Å². The van der Waals surface area contributed by atoms with E-state index in [1.54, 1.807) is 6.20 Å². The Bertz CT molecular complexity index is 441. The third-order valence-corrected chi connectivity index (χ3v) is 3.35. The van der Waals surface area contributed by atoms with E-state index in [0.29, 0.717) is 5.92 Å². The molecule has 0 N–H and O–H groups in total. The largest absolute Gasteiger partial charge is 0.271 e. The monoisotopic (exact) mass is 296 g/mol. The van der Waals surface area contributed by atoms with Crippen LogP contribution in [0.1, 0.15) is 11.5 Å². The van der Waals surface area contributed by atoms with E-state index in [1.165, 1.54) is 5.56 Å². The molecule has 0 spiro atoms. The Morgan fingerprint density at radius 1 is 1.31 bits per heavy atom. The highest BCUT2D eigenvalue weighted by molar-refractivity contribution is 9.10. The molecule has 4 heteroatoms. The Balaban J connectivity index is 2.12. The molecule has 1 unspecified atom stereocenters. The van der Waals surface area contributed by atoms with E-state index in [9.17, 15) is 0 Å². The molecule has 0 bridgehead atoms. The predicted molar refractivity (Wildman–Crippen MR) is 73.0 cm³/mol. The number of thiol groups is 1. The number of benzene rings is 1. The van der Waals surface area contributed by atoms with Gasteiger partial charge in [-0.3, -0.25) is 4.68 Å². The highest BCUT2D eigenvalue weighted by Crippen LogP contribution is 2.19. The van der Waals surface area contributed by atoms with E-state index in [2.05, 4.69) is 57.9 Å². The second-order valence-corrected chi connectivity index (χ2v) is 4.95. The van der Waals surface area contributed by atoms with Crippen LogP contribution in [-0.2, 0) is 6.54 Å². The van der Waals surface area contributed by atoms with Gasteiger partial charge in [0, 0.05) is 18.7 Å². The third-order valence-electron chi connectivity index (χ3n) is 2.50. The van der Waals surface area contributed by atoms with Gasteiger partial charge in [-0.05, 0) is 27.2 Å². The Kier molecular flexibility index (Phi) is 4.07. The molecule has 0 radical (unpaired) electrons. The summed E-state index contributed by atoms with van der Waals surface area (Å²) in [4.78, 5) is 0. The molecular formula is C12H13BrN2S. The summed E-state index contributed by atoms with van der Waals surface area (Å²) in [5.74, 6) is 1.22. The highest BCUT2D eigenvalue weighted by atomic mass is 79.9. The minimum atomic E-state index is 0.399. The van der Waals surface area contributed by atoms with Crippen molar-refractivity contribution in [3.8, 4) is 0 Å². The second-order valence-electron chi connectivity index (χ2n) is 3.67. The van der Waals surface area contributed by atoms with Crippen molar-refractivity contribution >= 4 is 28.6 Å². The van der Waals surface area contributed by atoms with Crippen LogP contribution in [-0.4, -0.2) is 15.5 Å². The van der Waals surface area contributed by atoms with E-state index >= 15 is 0 Å². The number of aromatic nitrogens is 2. The maximum absolute atomic E-state index is 4.41. The molecule has 0 amide bonds. The fourth-order valence-corrected chi connectivity index (χ4v) is 2.31. The summed E-state index contributed by atoms with van der Waals surface area (Å²) in [7, 11) is 0. The fourth-order valence-electron chi connectivity index (χ4n) is 1.66. The lowest BCUT2D eigenvalue weighted by Gasteiger charge is -2.14. The molecule has 0 aliphatic heterocycles. The lowest BCUT2D eigenvalue weighted by molar-refractivity contribution is 0.548.